The van der Waals surface area contributed by atoms with E-state index < -0.39 is 70.4 Å². The molecule has 4 rings (SSSR count). The molecule has 4 aliphatic carbocycles. The molecule has 0 aromatic rings. The molecule has 8 heteroatoms. The maximum Gasteiger partial charge on any atom is 0.311 e. The van der Waals surface area contributed by atoms with E-state index in [1.807, 2.05) is 0 Å². The van der Waals surface area contributed by atoms with Gasteiger partial charge >= 0.3 is 5.97 Å². The summed E-state index contributed by atoms with van der Waals surface area (Å²) in [7, 11) is 0. The first-order valence-corrected chi connectivity index (χ1v) is 12.1. The molecule has 0 unspecified atom stereocenters. The van der Waals surface area contributed by atoms with E-state index in [1.54, 1.807) is 27.7 Å². The molecule has 2 bridgehead atoms. The average Bonchev–Trinajstić information content (AvgIpc) is 2.89. The molecule has 0 aromatic carbocycles. The van der Waals surface area contributed by atoms with E-state index in [-0.39, 0.29) is 24.7 Å². The van der Waals surface area contributed by atoms with Crippen molar-refractivity contribution in [2.24, 2.45) is 34.5 Å². The van der Waals surface area contributed by atoms with E-state index in [9.17, 15) is 35.4 Å². The van der Waals surface area contributed by atoms with Crippen LogP contribution in [0, 0.1) is 34.5 Å². The first-order chi connectivity index (χ1) is 15.0. The van der Waals surface area contributed by atoms with E-state index >= 15 is 0 Å². The van der Waals surface area contributed by atoms with Gasteiger partial charge in [0.2, 0.25) is 0 Å². The van der Waals surface area contributed by atoms with Crippen LogP contribution in [0.3, 0.4) is 0 Å². The van der Waals surface area contributed by atoms with Crippen molar-refractivity contribution >= 4 is 5.97 Å². The van der Waals surface area contributed by atoms with E-state index in [0.717, 1.165) is 0 Å². The Balaban J connectivity index is 1.82. The number of fused-ring (bicyclic) bond motifs is 2. The van der Waals surface area contributed by atoms with Crippen LogP contribution in [0.15, 0.2) is 12.2 Å². The van der Waals surface area contributed by atoms with Gasteiger partial charge in [-0.1, -0.05) is 26.0 Å². The molecule has 8 nitrogen and oxygen atoms in total. The van der Waals surface area contributed by atoms with E-state index in [4.69, 9.17) is 4.74 Å². The van der Waals surface area contributed by atoms with Gasteiger partial charge in [-0.25, -0.2) is 0 Å². The van der Waals surface area contributed by atoms with Gasteiger partial charge in [-0.3, -0.25) is 4.79 Å². The lowest BCUT2D eigenvalue weighted by Crippen LogP contribution is -2.57. The summed E-state index contributed by atoms with van der Waals surface area (Å²) < 4.78 is 6.00. The SMILES string of the molecule is C=C1[C@@H]2[C@@H](O)[C@H](O)C(C)(C)[C@@]2(O)[C@H](O)C[C@]23C[C@@](C)(O)[C@H](CC[C@@H]12)[C@H]3OC(=O)[C@@H](C)[C@@H](C)O. The highest BCUT2D eigenvalue weighted by Crippen LogP contribution is 2.69. The van der Waals surface area contributed by atoms with E-state index in [0.29, 0.717) is 18.4 Å². The van der Waals surface area contributed by atoms with E-state index in [2.05, 4.69) is 6.58 Å². The number of carbonyl (C=O) groups excluding carboxylic acids is 1. The largest absolute Gasteiger partial charge is 0.461 e. The van der Waals surface area contributed by atoms with Crippen LogP contribution in [-0.4, -0.2) is 78.3 Å². The summed E-state index contributed by atoms with van der Waals surface area (Å²) in [4.78, 5) is 12.9. The minimum absolute atomic E-state index is 0.0280. The molecule has 188 valence electrons. The number of esters is 1. The molecule has 4 aliphatic rings. The third kappa shape index (κ3) is 3.07. The molecule has 33 heavy (non-hydrogen) atoms. The minimum Gasteiger partial charge on any atom is -0.461 e. The summed E-state index contributed by atoms with van der Waals surface area (Å²) in [6, 6.07) is 0. The fraction of sp³-hybridized carbons (Fsp3) is 0.880. The van der Waals surface area contributed by atoms with Crippen LogP contribution in [0.4, 0.5) is 0 Å². The van der Waals surface area contributed by atoms with Gasteiger partial charge in [-0.15, -0.1) is 0 Å². The van der Waals surface area contributed by atoms with Gasteiger partial charge in [-0.05, 0) is 52.4 Å². The fourth-order valence-corrected chi connectivity index (χ4v) is 7.93. The molecule has 6 N–H and O–H groups in total. The zero-order valence-electron chi connectivity index (χ0n) is 20.2. The average molecular weight is 469 g/mol. The third-order valence-corrected chi connectivity index (χ3v) is 10.1. The Morgan fingerprint density at radius 3 is 2.30 bits per heavy atom. The molecular formula is C25H40O8. The second-order valence-corrected chi connectivity index (χ2v) is 12.1. The zero-order chi connectivity index (χ0) is 24.9. The Bertz CT molecular complexity index is 836. The summed E-state index contributed by atoms with van der Waals surface area (Å²) in [5.74, 6) is -3.00. The standard InChI is InChI=1S/C25H40O8/c1-11(13(3)26)21(30)33-20-15-8-7-14-12(2)17-18(28)19(29)22(4,5)25(17,32)16(27)9-24(14,20)10-23(15,6)31/h11,13-20,26-29,31-32H,2,7-10H2,1,3-6H3/t11-,13+,14-,15+,16+,17+,18+,19-,20+,23+,24-,25+/m0/s1. The van der Waals surface area contributed by atoms with Crippen molar-refractivity contribution in [3.63, 3.8) is 0 Å². The minimum atomic E-state index is -1.85. The van der Waals surface area contributed by atoms with Gasteiger partial charge < -0.3 is 35.4 Å². The van der Waals surface area contributed by atoms with Crippen LogP contribution < -0.4 is 0 Å². The second-order valence-electron chi connectivity index (χ2n) is 12.1. The number of hydrogen-bond donors (Lipinski definition) is 6. The van der Waals surface area contributed by atoms with Gasteiger partial charge in [0.25, 0.3) is 0 Å². The molecule has 12 atom stereocenters. The van der Waals surface area contributed by atoms with Crippen molar-refractivity contribution < 1.29 is 40.2 Å². The summed E-state index contributed by atoms with van der Waals surface area (Å²) >= 11 is 0. The first-order valence-electron chi connectivity index (χ1n) is 12.1. The summed E-state index contributed by atoms with van der Waals surface area (Å²) in [5, 5.41) is 66.4. The van der Waals surface area contributed by atoms with Crippen LogP contribution >= 0.6 is 0 Å². The molecule has 1 spiro atoms. The number of aliphatic hydroxyl groups excluding tert-OH is 4. The highest BCUT2D eigenvalue weighted by atomic mass is 16.5. The van der Waals surface area contributed by atoms with Crippen molar-refractivity contribution in [3.05, 3.63) is 12.2 Å². The number of aliphatic hydroxyl groups is 6. The number of hydrogen-bond acceptors (Lipinski definition) is 8. The monoisotopic (exact) mass is 468 g/mol. The number of ether oxygens (including phenoxy) is 1. The molecule has 0 aromatic heterocycles. The first kappa shape index (κ1) is 25.1. The lowest BCUT2D eigenvalue weighted by Gasteiger charge is -2.47. The molecule has 0 heterocycles. The van der Waals surface area contributed by atoms with Crippen LogP contribution in [0.2, 0.25) is 0 Å². The Labute approximate surface area is 195 Å². The lowest BCUT2D eigenvalue weighted by molar-refractivity contribution is -0.185. The zero-order valence-corrected chi connectivity index (χ0v) is 20.2. The van der Waals surface area contributed by atoms with Gasteiger partial charge in [0.1, 0.15) is 11.7 Å². The highest BCUT2D eigenvalue weighted by Gasteiger charge is 2.75. The Hall–Kier alpha value is -1.03. The maximum absolute atomic E-state index is 12.9. The topological polar surface area (TPSA) is 148 Å². The van der Waals surface area contributed by atoms with Crippen LogP contribution in [0.1, 0.15) is 60.3 Å². The van der Waals surface area contributed by atoms with Crippen molar-refractivity contribution in [2.75, 3.05) is 0 Å². The summed E-state index contributed by atoms with van der Waals surface area (Å²) in [5.41, 5.74) is -4.61. The summed E-state index contributed by atoms with van der Waals surface area (Å²) in [6.07, 6.45) is -4.14. The predicted molar refractivity (Wildman–Crippen MR) is 119 cm³/mol. The van der Waals surface area contributed by atoms with E-state index in [1.165, 1.54) is 6.92 Å². The molecule has 0 amide bonds. The van der Waals surface area contributed by atoms with Crippen LogP contribution in [-0.2, 0) is 9.53 Å². The smallest absolute Gasteiger partial charge is 0.311 e. The molecule has 4 fully saturated rings. The van der Waals surface area contributed by atoms with Crippen molar-refractivity contribution in [1.82, 2.24) is 0 Å². The Morgan fingerprint density at radius 2 is 1.73 bits per heavy atom. The normalized spacial score (nSPS) is 52.5. The highest BCUT2D eigenvalue weighted by molar-refractivity contribution is 5.73. The summed E-state index contributed by atoms with van der Waals surface area (Å²) in [6.45, 7) is 12.3. The van der Waals surface area contributed by atoms with Gasteiger partial charge in [0, 0.05) is 22.7 Å². The predicted octanol–water partition coefficient (Wildman–Crippen LogP) is 0.512. The number of rotatable bonds is 3. The number of carbonyl (C=O) groups is 1. The second kappa shape index (κ2) is 7.48. The molecular weight excluding hydrogens is 428 g/mol. The Kier molecular flexibility index (Phi) is 5.69. The molecule has 0 radical (unpaired) electrons. The third-order valence-electron chi connectivity index (χ3n) is 10.1. The fourth-order valence-electron chi connectivity index (χ4n) is 7.93. The van der Waals surface area contributed by atoms with Crippen LogP contribution in [0.5, 0.6) is 0 Å². The maximum atomic E-state index is 12.9. The lowest BCUT2D eigenvalue weighted by atomic mass is 9.61. The van der Waals surface area contributed by atoms with Gasteiger partial charge in [0.05, 0.1) is 35.9 Å². The van der Waals surface area contributed by atoms with Gasteiger partial charge in [-0.2, -0.15) is 0 Å². The molecule has 4 saturated carbocycles. The van der Waals surface area contributed by atoms with Gasteiger partial charge in [0.15, 0.2) is 0 Å². The van der Waals surface area contributed by atoms with Crippen molar-refractivity contribution in [2.45, 2.75) is 102 Å². The Morgan fingerprint density at radius 1 is 1.12 bits per heavy atom. The van der Waals surface area contributed by atoms with Crippen LogP contribution in [0.25, 0.3) is 0 Å². The van der Waals surface area contributed by atoms with Crippen molar-refractivity contribution in [1.29, 1.82) is 0 Å². The quantitative estimate of drug-likeness (QED) is 0.259. The molecule has 0 aliphatic heterocycles. The molecule has 0 saturated heterocycles. The van der Waals surface area contributed by atoms with Crippen molar-refractivity contribution in [3.8, 4) is 0 Å².